The van der Waals surface area contributed by atoms with Gasteiger partial charge in [-0.05, 0) is 51.5 Å². The fraction of sp³-hybridized carbons (Fsp3) is 0.667. The Balaban J connectivity index is 1.99. The zero-order valence-electron chi connectivity index (χ0n) is 10.1. The summed E-state index contributed by atoms with van der Waals surface area (Å²) in [6, 6.07) is 3.95. The molecule has 0 fully saturated rings. The summed E-state index contributed by atoms with van der Waals surface area (Å²) >= 11 is 1.61. The fourth-order valence-electron chi connectivity index (χ4n) is 1.50. The Morgan fingerprint density at radius 1 is 1.44 bits per heavy atom. The summed E-state index contributed by atoms with van der Waals surface area (Å²) in [6.07, 6.45) is 2.01. The molecule has 0 aliphatic carbocycles. The molecular weight excluding hydrogens is 220 g/mol. The van der Waals surface area contributed by atoms with Crippen LogP contribution in [-0.4, -0.2) is 43.7 Å². The highest BCUT2D eigenvalue weighted by Crippen LogP contribution is 2.17. The molecule has 0 amide bonds. The third-order valence-corrected chi connectivity index (χ3v) is 3.39. The predicted octanol–water partition coefficient (Wildman–Crippen LogP) is 1.71. The number of hydrogen-bond donors (Lipinski definition) is 2. The molecule has 1 unspecified atom stereocenters. The van der Waals surface area contributed by atoms with Gasteiger partial charge in [-0.25, -0.2) is 0 Å². The van der Waals surface area contributed by atoms with Gasteiger partial charge < -0.3 is 15.3 Å². The molecule has 0 saturated carbocycles. The molecule has 0 aliphatic heterocycles. The van der Waals surface area contributed by atoms with Crippen LogP contribution < -0.4 is 5.32 Å². The second kappa shape index (κ2) is 7.79. The van der Waals surface area contributed by atoms with Crippen molar-refractivity contribution in [2.24, 2.45) is 0 Å². The molecule has 4 heteroatoms. The van der Waals surface area contributed by atoms with Crippen LogP contribution in [0.2, 0.25) is 0 Å². The Hall–Kier alpha value is -0.420. The van der Waals surface area contributed by atoms with E-state index in [-0.39, 0.29) is 6.10 Å². The van der Waals surface area contributed by atoms with Gasteiger partial charge in [0, 0.05) is 11.4 Å². The number of unbranched alkanes of at least 4 members (excludes halogenated alkanes) is 1. The van der Waals surface area contributed by atoms with E-state index in [0.29, 0.717) is 6.54 Å². The van der Waals surface area contributed by atoms with Crippen LogP contribution in [0.25, 0.3) is 0 Å². The molecule has 2 N–H and O–H groups in total. The van der Waals surface area contributed by atoms with Crippen molar-refractivity contribution in [3.63, 3.8) is 0 Å². The molecule has 1 atom stereocenters. The topological polar surface area (TPSA) is 35.5 Å². The monoisotopic (exact) mass is 242 g/mol. The minimum atomic E-state index is -0.353. The molecule has 0 aliphatic rings. The maximum atomic E-state index is 9.79. The van der Waals surface area contributed by atoms with E-state index in [4.69, 9.17) is 0 Å². The third kappa shape index (κ3) is 5.61. The summed E-state index contributed by atoms with van der Waals surface area (Å²) < 4.78 is 0. The first-order chi connectivity index (χ1) is 7.70. The number of hydrogen-bond acceptors (Lipinski definition) is 4. The van der Waals surface area contributed by atoms with Gasteiger partial charge >= 0.3 is 0 Å². The van der Waals surface area contributed by atoms with E-state index in [1.807, 2.05) is 17.5 Å². The van der Waals surface area contributed by atoms with Gasteiger partial charge in [-0.1, -0.05) is 6.07 Å². The second-order valence-electron chi connectivity index (χ2n) is 4.25. The molecule has 3 nitrogen and oxygen atoms in total. The summed E-state index contributed by atoms with van der Waals surface area (Å²) in [5.74, 6) is 0. The Kier molecular flexibility index (Phi) is 6.64. The lowest BCUT2D eigenvalue weighted by Crippen LogP contribution is -2.23. The number of rotatable bonds is 8. The Labute approximate surface area is 102 Å². The lowest BCUT2D eigenvalue weighted by molar-refractivity contribution is 0.178. The molecule has 1 aromatic heterocycles. The number of thiophene rings is 1. The number of nitrogens with one attached hydrogen (secondary N) is 1. The van der Waals surface area contributed by atoms with Crippen molar-refractivity contribution in [1.82, 2.24) is 10.2 Å². The average Bonchev–Trinajstić information content (AvgIpc) is 2.75. The Bertz CT molecular complexity index is 262. The molecular formula is C12H22N2OS. The van der Waals surface area contributed by atoms with Gasteiger partial charge in [0.15, 0.2) is 0 Å². The van der Waals surface area contributed by atoms with Crippen molar-refractivity contribution in [3.05, 3.63) is 22.4 Å². The minimum absolute atomic E-state index is 0.353. The van der Waals surface area contributed by atoms with Crippen LogP contribution in [-0.2, 0) is 0 Å². The molecule has 0 saturated heterocycles. The zero-order chi connectivity index (χ0) is 11.8. The quantitative estimate of drug-likeness (QED) is 0.681. The number of nitrogens with zero attached hydrogens (tertiary/aromatic N) is 1. The van der Waals surface area contributed by atoms with E-state index >= 15 is 0 Å². The van der Waals surface area contributed by atoms with Crippen molar-refractivity contribution in [2.75, 3.05) is 33.7 Å². The largest absolute Gasteiger partial charge is 0.386 e. The van der Waals surface area contributed by atoms with Gasteiger partial charge in [-0.3, -0.25) is 0 Å². The summed E-state index contributed by atoms with van der Waals surface area (Å²) in [7, 11) is 4.18. The number of aliphatic hydroxyl groups excluding tert-OH is 1. The zero-order valence-corrected chi connectivity index (χ0v) is 11.0. The van der Waals surface area contributed by atoms with Gasteiger partial charge in [0.2, 0.25) is 0 Å². The normalized spacial score (nSPS) is 13.2. The van der Waals surface area contributed by atoms with E-state index in [9.17, 15) is 5.11 Å². The van der Waals surface area contributed by atoms with Gasteiger partial charge in [-0.15, -0.1) is 11.3 Å². The standard InChI is InChI=1S/C12H22N2OS/c1-14(2)8-4-3-7-13-10-11(15)12-6-5-9-16-12/h5-6,9,11,13,15H,3-4,7-8,10H2,1-2H3. The van der Waals surface area contributed by atoms with E-state index in [1.165, 1.54) is 6.42 Å². The van der Waals surface area contributed by atoms with Crippen molar-refractivity contribution in [3.8, 4) is 0 Å². The first-order valence-corrected chi connectivity index (χ1v) is 6.65. The fourth-order valence-corrected chi connectivity index (χ4v) is 2.21. The van der Waals surface area contributed by atoms with E-state index < -0.39 is 0 Å². The summed E-state index contributed by atoms with van der Waals surface area (Å²) in [5, 5.41) is 15.1. The molecule has 1 aromatic rings. The summed E-state index contributed by atoms with van der Waals surface area (Å²) in [6.45, 7) is 2.77. The molecule has 0 spiro atoms. The van der Waals surface area contributed by atoms with E-state index in [1.54, 1.807) is 11.3 Å². The van der Waals surface area contributed by atoms with Crippen molar-refractivity contribution in [1.29, 1.82) is 0 Å². The van der Waals surface area contributed by atoms with E-state index in [2.05, 4.69) is 24.3 Å². The molecule has 1 rings (SSSR count). The lowest BCUT2D eigenvalue weighted by Gasteiger charge is -2.11. The van der Waals surface area contributed by atoms with Crippen LogP contribution in [0.4, 0.5) is 0 Å². The first-order valence-electron chi connectivity index (χ1n) is 5.77. The average molecular weight is 242 g/mol. The van der Waals surface area contributed by atoms with Crippen LogP contribution in [0.1, 0.15) is 23.8 Å². The first kappa shape index (κ1) is 13.6. The molecule has 0 bridgehead atoms. The number of aliphatic hydroxyl groups is 1. The van der Waals surface area contributed by atoms with Gasteiger partial charge in [-0.2, -0.15) is 0 Å². The lowest BCUT2D eigenvalue weighted by atomic mass is 10.2. The minimum Gasteiger partial charge on any atom is -0.386 e. The van der Waals surface area contributed by atoms with Crippen LogP contribution in [0.5, 0.6) is 0 Å². The highest BCUT2D eigenvalue weighted by Gasteiger charge is 2.06. The predicted molar refractivity (Wildman–Crippen MR) is 69.9 cm³/mol. The third-order valence-electron chi connectivity index (χ3n) is 2.42. The Morgan fingerprint density at radius 2 is 2.25 bits per heavy atom. The Morgan fingerprint density at radius 3 is 2.88 bits per heavy atom. The van der Waals surface area contributed by atoms with Crippen molar-refractivity contribution < 1.29 is 5.11 Å². The van der Waals surface area contributed by atoms with Gasteiger partial charge in [0.05, 0.1) is 0 Å². The van der Waals surface area contributed by atoms with Crippen LogP contribution >= 0.6 is 11.3 Å². The maximum absolute atomic E-state index is 9.79. The SMILES string of the molecule is CN(C)CCCCNCC(O)c1cccs1. The van der Waals surface area contributed by atoms with Gasteiger partial charge in [0.25, 0.3) is 0 Å². The highest BCUT2D eigenvalue weighted by molar-refractivity contribution is 7.10. The molecule has 16 heavy (non-hydrogen) atoms. The van der Waals surface area contributed by atoms with Crippen molar-refractivity contribution in [2.45, 2.75) is 18.9 Å². The van der Waals surface area contributed by atoms with Crippen LogP contribution in [0, 0.1) is 0 Å². The molecule has 0 radical (unpaired) electrons. The maximum Gasteiger partial charge on any atom is 0.101 e. The van der Waals surface area contributed by atoms with Crippen molar-refractivity contribution >= 4 is 11.3 Å². The second-order valence-corrected chi connectivity index (χ2v) is 5.22. The molecule has 92 valence electrons. The molecule has 0 aromatic carbocycles. The highest BCUT2D eigenvalue weighted by atomic mass is 32.1. The van der Waals surface area contributed by atoms with Gasteiger partial charge in [0.1, 0.15) is 6.10 Å². The smallest absolute Gasteiger partial charge is 0.101 e. The van der Waals surface area contributed by atoms with Crippen LogP contribution in [0.3, 0.4) is 0 Å². The molecule has 1 heterocycles. The summed E-state index contributed by atoms with van der Waals surface area (Å²) in [4.78, 5) is 3.24. The summed E-state index contributed by atoms with van der Waals surface area (Å²) in [5.41, 5.74) is 0. The van der Waals surface area contributed by atoms with E-state index in [0.717, 1.165) is 24.4 Å². The van der Waals surface area contributed by atoms with Crippen LogP contribution in [0.15, 0.2) is 17.5 Å².